The number of ether oxygens (including phenoxy) is 3. The number of methoxy groups -OCH3 is 1. The number of hydrogen-bond acceptors (Lipinski definition) is 7. The molecule has 1 atom stereocenters. The van der Waals surface area contributed by atoms with Gasteiger partial charge < -0.3 is 19.1 Å². The number of nitrogens with one attached hydrogen (secondary N) is 1. The zero-order valence-electron chi connectivity index (χ0n) is 18.7. The van der Waals surface area contributed by atoms with Gasteiger partial charge in [-0.1, -0.05) is 30.3 Å². The van der Waals surface area contributed by atoms with Crippen LogP contribution in [0.25, 0.3) is 0 Å². The molecule has 9 heteroatoms. The van der Waals surface area contributed by atoms with E-state index in [-0.39, 0.29) is 37.5 Å². The highest BCUT2D eigenvalue weighted by Gasteiger charge is 2.31. The maximum absolute atomic E-state index is 12.3. The number of rotatable bonds is 10. The summed E-state index contributed by atoms with van der Waals surface area (Å²) >= 11 is 0. The highest BCUT2D eigenvalue weighted by molar-refractivity contribution is 5.88. The fourth-order valence-corrected chi connectivity index (χ4v) is 3.48. The Morgan fingerprint density at radius 2 is 1.97 bits per heavy atom. The Balaban J connectivity index is 1.50. The largest absolute Gasteiger partial charge is 0.493 e. The van der Waals surface area contributed by atoms with Gasteiger partial charge in [0.1, 0.15) is 6.54 Å². The van der Waals surface area contributed by atoms with Crippen LogP contribution < -0.4 is 14.9 Å². The molecule has 2 aromatic carbocycles. The number of hydrogen-bond donors (Lipinski definition) is 1. The van der Waals surface area contributed by atoms with Crippen molar-refractivity contribution in [2.45, 2.75) is 19.3 Å². The molecule has 1 heterocycles. The Kier molecular flexibility index (Phi) is 8.40. The molecular formula is C24H27N3O6. The standard InChI is InChI=1S/C24H27N3O6/c1-3-32-24(30)16-33-20-10-9-17(11-21(20)31-2)13-25-26-22(28)15-27-14-19(12-23(27)29)18-7-5-4-6-8-18/h4-11,13,19H,3,12,14-16H2,1-2H3,(H,26,28)/b25-13-/t19-/m1/s1. The first-order chi connectivity index (χ1) is 16.0. The number of esters is 1. The molecule has 0 spiro atoms. The summed E-state index contributed by atoms with van der Waals surface area (Å²) in [5.41, 5.74) is 4.19. The van der Waals surface area contributed by atoms with E-state index in [0.29, 0.717) is 30.0 Å². The van der Waals surface area contributed by atoms with Gasteiger partial charge >= 0.3 is 5.97 Å². The Bertz CT molecular complexity index is 1010. The van der Waals surface area contributed by atoms with Crippen molar-refractivity contribution in [2.24, 2.45) is 5.10 Å². The van der Waals surface area contributed by atoms with Crippen molar-refractivity contribution in [3.05, 3.63) is 59.7 Å². The normalized spacial score (nSPS) is 15.5. The maximum Gasteiger partial charge on any atom is 0.344 e. The van der Waals surface area contributed by atoms with E-state index in [1.165, 1.54) is 13.3 Å². The lowest BCUT2D eigenvalue weighted by molar-refractivity contribution is -0.145. The van der Waals surface area contributed by atoms with E-state index in [9.17, 15) is 14.4 Å². The quantitative estimate of drug-likeness (QED) is 0.336. The highest BCUT2D eigenvalue weighted by Crippen LogP contribution is 2.28. The van der Waals surface area contributed by atoms with Crippen molar-refractivity contribution in [1.29, 1.82) is 0 Å². The van der Waals surface area contributed by atoms with Crippen LogP contribution in [-0.4, -0.2) is 62.3 Å². The molecule has 2 aromatic rings. The molecule has 0 aromatic heterocycles. The molecule has 1 aliphatic heterocycles. The van der Waals surface area contributed by atoms with Gasteiger partial charge in [-0.2, -0.15) is 5.10 Å². The molecule has 33 heavy (non-hydrogen) atoms. The van der Waals surface area contributed by atoms with Crippen molar-refractivity contribution >= 4 is 24.0 Å². The lowest BCUT2D eigenvalue weighted by Gasteiger charge is -2.15. The first-order valence-electron chi connectivity index (χ1n) is 10.6. The van der Waals surface area contributed by atoms with Crippen LogP contribution >= 0.6 is 0 Å². The van der Waals surface area contributed by atoms with Gasteiger partial charge in [0.15, 0.2) is 18.1 Å². The van der Waals surface area contributed by atoms with E-state index < -0.39 is 5.97 Å². The number of likely N-dealkylation sites (tertiary alicyclic amines) is 1. The second-order valence-corrected chi connectivity index (χ2v) is 7.38. The van der Waals surface area contributed by atoms with Gasteiger partial charge in [0.2, 0.25) is 5.91 Å². The Hall–Kier alpha value is -3.88. The molecule has 0 unspecified atom stereocenters. The molecule has 174 valence electrons. The Morgan fingerprint density at radius 1 is 1.18 bits per heavy atom. The highest BCUT2D eigenvalue weighted by atomic mass is 16.6. The molecule has 0 aliphatic carbocycles. The molecule has 3 rings (SSSR count). The van der Waals surface area contributed by atoms with Crippen molar-refractivity contribution < 1.29 is 28.6 Å². The average molecular weight is 453 g/mol. The second-order valence-electron chi connectivity index (χ2n) is 7.38. The van der Waals surface area contributed by atoms with Gasteiger partial charge in [-0.05, 0) is 36.2 Å². The SMILES string of the molecule is CCOC(=O)COc1ccc(/C=N\NC(=O)CN2C[C@H](c3ccccc3)CC2=O)cc1OC. The molecule has 9 nitrogen and oxygen atoms in total. The molecule has 0 bridgehead atoms. The van der Waals surface area contributed by atoms with Crippen LogP contribution in [0.3, 0.4) is 0 Å². The van der Waals surface area contributed by atoms with E-state index in [4.69, 9.17) is 14.2 Å². The molecule has 0 radical (unpaired) electrons. The number of amides is 2. The summed E-state index contributed by atoms with van der Waals surface area (Å²) in [5.74, 6) is -0.0243. The van der Waals surface area contributed by atoms with Gasteiger partial charge in [0.05, 0.1) is 19.9 Å². The lowest BCUT2D eigenvalue weighted by Crippen LogP contribution is -2.36. The maximum atomic E-state index is 12.3. The third-order valence-corrected chi connectivity index (χ3v) is 5.06. The van der Waals surface area contributed by atoms with Crippen molar-refractivity contribution in [2.75, 3.05) is 33.4 Å². The van der Waals surface area contributed by atoms with E-state index in [2.05, 4.69) is 10.5 Å². The lowest BCUT2D eigenvalue weighted by atomic mass is 9.99. The van der Waals surface area contributed by atoms with Gasteiger partial charge in [0.25, 0.3) is 5.91 Å². The van der Waals surface area contributed by atoms with Crippen LogP contribution in [0, 0.1) is 0 Å². The zero-order valence-corrected chi connectivity index (χ0v) is 18.7. The number of carbonyl (C=O) groups excluding carboxylic acids is 3. The van der Waals surface area contributed by atoms with E-state index in [1.807, 2.05) is 30.3 Å². The van der Waals surface area contributed by atoms with Gasteiger partial charge in [0, 0.05) is 18.9 Å². The fraction of sp³-hybridized carbons (Fsp3) is 0.333. The van der Waals surface area contributed by atoms with Gasteiger partial charge in [-0.25, -0.2) is 10.2 Å². The van der Waals surface area contributed by atoms with Crippen LogP contribution in [0.2, 0.25) is 0 Å². The molecule has 1 fully saturated rings. The van der Waals surface area contributed by atoms with Crippen molar-refractivity contribution in [3.63, 3.8) is 0 Å². The Labute approximate surface area is 192 Å². The molecular weight excluding hydrogens is 426 g/mol. The molecule has 0 saturated carbocycles. The topological polar surface area (TPSA) is 107 Å². The van der Waals surface area contributed by atoms with Gasteiger partial charge in [-0.15, -0.1) is 0 Å². The Morgan fingerprint density at radius 3 is 2.70 bits per heavy atom. The second kappa shape index (κ2) is 11.7. The van der Waals surface area contributed by atoms with Crippen molar-refractivity contribution in [1.82, 2.24) is 10.3 Å². The first-order valence-corrected chi connectivity index (χ1v) is 10.6. The minimum Gasteiger partial charge on any atom is -0.493 e. The van der Waals surface area contributed by atoms with E-state index in [1.54, 1.807) is 30.0 Å². The summed E-state index contributed by atoms with van der Waals surface area (Å²) in [7, 11) is 1.48. The summed E-state index contributed by atoms with van der Waals surface area (Å²) in [5, 5.41) is 3.96. The van der Waals surface area contributed by atoms with Crippen molar-refractivity contribution in [3.8, 4) is 11.5 Å². The number of benzene rings is 2. The predicted molar refractivity (Wildman–Crippen MR) is 121 cm³/mol. The smallest absolute Gasteiger partial charge is 0.344 e. The average Bonchev–Trinajstić information content (AvgIpc) is 3.18. The third kappa shape index (κ3) is 6.80. The summed E-state index contributed by atoms with van der Waals surface area (Å²) in [6, 6.07) is 14.8. The van der Waals surface area contributed by atoms with Gasteiger partial charge in [-0.3, -0.25) is 9.59 Å². The molecule has 1 N–H and O–H groups in total. The van der Waals surface area contributed by atoms with Crippen LogP contribution in [0.5, 0.6) is 11.5 Å². The zero-order chi connectivity index (χ0) is 23.6. The van der Waals surface area contributed by atoms with Crippen LogP contribution in [-0.2, 0) is 19.1 Å². The number of carbonyl (C=O) groups is 3. The monoisotopic (exact) mass is 453 g/mol. The van der Waals surface area contributed by atoms with Crippen LogP contribution in [0.1, 0.15) is 30.4 Å². The summed E-state index contributed by atoms with van der Waals surface area (Å²) in [4.78, 5) is 37.5. The predicted octanol–water partition coefficient (Wildman–Crippen LogP) is 2.10. The fourth-order valence-electron chi connectivity index (χ4n) is 3.48. The van der Waals surface area contributed by atoms with E-state index >= 15 is 0 Å². The molecule has 1 aliphatic rings. The first kappa shape index (κ1) is 23.8. The number of nitrogens with zero attached hydrogens (tertiary/aromatic N) is 2. The minimum atomic E-state index is -0.473. The summed E-state index contributed by atoms with van der Waals surface area (Å²) in [6.45, 7) is 2.22. The molecule has 2 amide bonds. The number of hydrazone groups is 1. The summed E-state index contributed by atoms with van der Waals surface area (Å²) < 4.78 is 15.5. The third-order valence-electron chi connectivity index (χ3n) is 5.06. The van der Waals surface area contributed by atoms with Crippen LogP contribution in [0.15, 0.2) is 53.6 Å². The summed E-state index contributed by atoms with van der Waals surface area (Å²) in [6.07, 6.45) is 1.85. The molecule has 1 saturated heterocycles. The van der Waals surface area contributed by atoms with E-state index in [0.717, 1.165) is 5.56 Å². The van der Waals surface area contributed by atoms with Crippen LogP contribution in [0.4, 0.5) is 0 Å². The minimum absolute atomic E-state index is 0.0499.